The number of anilines is 1. The van der Waals surface area contributed by atoms with Crippen molar-refractivity contribution in [3.05, 3.63) is 35.7 Å². The molecular formula is C13H16N8. The molecule has 3 heterocycles. The Bertz CT molecular complexity index is 772. The van der Waals surface area contributed by atoms with Gasteiger partial charge in [0.25, 0.3) is 5.95 Å². The Balaban J connectivity index is 2.15. The Kier molecular flexibility index (Phi) is 3.13. The standard InChI is InChI=1S/C13H16N8/c1-4-10-8(2)19-21(9(10)3)13-17-11(14)16-12(18-13)20-6-5-15-7-20/h5-7H,4H2,1-3H3,(H2,14,16,17,18). The molecule has 0 fully saturated rings. The number of nitrogens with zero attached hydrogens (tertiary/aromatic N) is 7. The molecule has 0 unspecified atom stereocenters. The highest BCUT2D eigenvalue weighted by Gasteiger charge is 2.15. The zero-order chi connectivity index (χ0) is 15.0. The summed E-state index contributed by atoms with van der Waals surface area (Å²) in [6.07, 6.45) is 5.92. The third-order valence-electron chi connectivity index (χ3n) is 3.35. The fraction of sp³-hybridized carbons (Fsp3) is 0.308. The van der Waals surface area contributed by atoms with E-state index in [-0.39, 0.29) is 5.95 Å². The second kappa shape index (κ2) is 4.97. The van der Waals surface area contributed by atoms with Gasteiger partial charge in [0.2, 0.25) is 11.9 Å². The van der Waals surface area contributed by atoms with Crippen LogP contribution in [0, 0.1) is 13.8 Å². The molecule has 0 spiro atoms. The zero-order valence-corrected chi connectivity index (χ0v) is 12.1. The molecule has 3 aromatic heterocycles. The maximum absolute atomic E-state index is 5.79. The first-order valence-electron chi connectivity index (χ1n) is 6.65. The number of rotatable bonds is 3. The highest BCUT2D eigenvalue weighted by Crippen LogP contribution is 2.17. The van der Waals surface area contributed by atoms with Crippen LogP contribution in [0.5, 0.6) is 0 Å². The number of imidazole rings is 1. The molecule has 0 amide bonds. The van der Waals surface area contributed by atoms with Crippen molar-refractivity contribution in [3.63, 3.8) is 0 Å². The lowest BCUT2D eigenvalue weighted by Gasteiger charge is -2.06. The molecule has 0 bridgehead atoms. The SMILES string of the molecule is CCc1c(C)nn(-c2nc(N)nc(-n3ccnc3)n2)c1C. The van der Waals surface area contributed by atoms with E-state index in [0.29, 0.717) is 11.9 Å². The lowest BCUT2D eigenvalue weighted by molar-refractivity contribution is 0.752. The van der Waals surface area contributed by atoms with Crippen LogP contribution in [0.1, 0.15) is 23.9 Å². The number of hydrogen-bond donors (Lipinski definition) is 1. The molecule has 8 nitrogen and oxygen atoms in total. The van der Waals surface area contributed by atoms with E-state index in [1.807, 2.05) is 13.8 Å². The molecule has 3 aromatic rings. The highest BCUT2D eigenvalue weighted by molar-refractivity contribution is 5.33. The van der Waals surface area contributed by atoms with Crippen LogP contribution in [0.2, 0.25) is 0 Å². The summed E-state index contributed by atoms with van der Waals surface area (Å²) in [5, 5.41) is 4.50. The first-order valence-corrected chi connectivity index (χ1v) is 6.65. The Morgan fingerprint density at radius 3 is 2.52 bits per heavy atom. The zero-order valence-electron chi connectivity index (χ0n) is 12.1. The first-order chi connectivity index (χ1) is 10.1. The van der Waals surface area contributed by atoms with Gasteiger partial charge in [0.1, 0.15) is 6.33 Å². The van der Waals surface area contributed by atoms with Crippen molar-refractivity contribution >= 4 is 5.95 Å². The van der Waals surface area contributed by atoms with Gasteiger partial charge < -0.3 is 5.73 Å². The van der Waals surface area contributed by atoms with Gasteiger partial charge in [-0.25, -0.2) is 9.67 Å². The minimum atomic E-state index is 0.148. The third kappa shape index (κ3) is 2.24. The molecule has 0 radical (unpaired) electrons. The molecular weight excluding hydrogens is 268 g/mol. The van der Waals surface area contributed by atoms with Crippen molar-refractivity contribution in [1.29, 1.82) is 0 Å². The van der Waals surface area contributed by atoms with Crippen molar-refractivity contribution in [2.45, 2.75) is 27.2 Å². The molecule has 0 saturated carbocycles. The van der Waals surface area contributed by atoms with Crippen LogP contribution in [0.3, 0.4) is 0 Å². The molecule has 108 valence electrons. The van der Waals surface area contributed by atoms with E-state index in [0.717, 1.165) is 17.8 Å². The monoisotopic (exact) mass is 284 g/mol. The lowest BCUT2D eigenvalue weighted by Crippen LogP contribution is -2.12. The van der Waals surface area contributed by atoms with Crippen LogP contribution in [-0.4, -0.2) is 34.3 Å². The molecule has 8 heteroatoms. The molecule has 0 aliphatic rings. The van der Waals surface area contributed by atoms with Crippen molar-refractivity contribution in [1.82, 2.24) is 34.3 Å². The van der Waals surface area contributed by atoms with E-state index >= 15 is 0 Å². The van der Waals surface area contributed by atoms with E-state index in [4.69, 9.17) is 5.73 Å². The molecule has 2 N–H and O–H groups in total. The Morgan fingerprint density at radius 1 is 1.14 bits per heavy atom. The summed E-state index contributed by atoms with van der Waals surface area (Å²) in [6.45, 7) is 6.07. The minimum Gasteiger partial charge on any atom is -0.368 e. The van der Waals surface area contributed by atoms with Gasteiger partial charge in [-0.05, 0) is 25.8 Å². The van der Waals surface area contributed by atoms with Crippen LogP contribution in [-0.2, 0) is 6.42 Å². The number of aromatic nitrogens is 7. The second-order valence-corrected chi connectivity index (χ2v) is 4.68. The van der Waals surface area contributed by atoms with Gasteiger partial charge in [0, 0.05) is 18.1 Å². The van der Waals surface area contributed by atoms with E-state index in [2.05, 4.69) is 32.0 Å². The number of hydrogen-bond acceptors (Lipinski definition) is 6. The molecule has 0 atom stereocenters. The number of nitrogen functional groups attached to an aromatic ring is 1. The van der Waals surface area contributed by atoms with Crippen LogP contribution in [0.15, 0.2) is 18.7 Å². The molecule has 0 aliphatic carbocycles. The van der Waals surface area contributed by atoms with E-state index in [9.17, 15) is 0 Å². The Morgan fingerprint density at radius 2 is 1.90 bits per heavy atom. The highest BCUT2D eigenvalue weighted by atomic mass is 15.4. The van der Waals surface area contributed by atoms with Crippen molar-refractivity contribution < 1.29 is 0 Å². The van der Waals surface area contributed by atoms with Gasteiger partial charge in [0.05, 0.1) is 5.69 Å². The smallest absolute Gasteiger partial charge is 0.257 e. The maximum Gasteiger partial charge on any atom is 0.257 e. The van der Waals surface area contributed by atoms with Crippen LogP contribution >= 0.6 is 0 Å². The summed E-state index contributed by atoms with van der Waals surface area (Å²) in [7, 11) is 0. The Labute approximate surface area is 121 Å². The fourth-order valence-corrected chi connectivity index (χ4v) is 2.34. The molecule has 0 aliphatic heterocycles. The maximum atomic E-state index is 5.79. The second-order valence-electron chi connectivity index (χ2n) is 4.68. The molecule has 3 rings (SSSR count). The van der Waals surface area contributed by atoms with Crippen LogP contribution in [0.25, 0.3) is 11.9 Å². The van der Waals surface area contributed by atoms with Crippen molar-refractivity contribution in [2.75, 3.05) is 5.73 Å². The van der Waals surface area contributed by atoms with Gasteiger partial charge in [-0.2, -0.15) is 20.1 Å². The van der Waals surface area contributed by atoms with Crippen molar-refractivity contribution in [2.24, 2.45) is 0 Å². The van der Waals surface area contributed by atoms with E-state index in [1.54, 1.807) is 28.0 Å². The molecule has 21 heavy (non-hydrogen) atoms. The third-order valence-corrected chi connectivity index (χ3v) is 3.35. The average Bonchev–Trinajstić information content (AvgIpc) is 3.07. The minimum absolute atomic E-state index is 0.148. The van der Waals surface area contributed by atoms with Crippen molar-refractivity contribution in [3.8, 4) is 11.9 Å². The largest absolute Gasteiger partial charge is 0.368 e. The fourth-order valence-electron chi connectivity index (χ4n) is 2.34. The Hall–Kier alpha value is -2.77. The van der Waals surface area contributed by atoms with Crippen LogP contribution < -0.4 is 5.73 Å². The van der Waals surface area contributed by atoms with Crippen LogP contribution in [0.4, 0.5) is 5.95 Å². The normalized spacial score (nSPS) is 11.0. The van der Waals surface area contributed by atoms with Gasteiger partial charge in [0.15, 0.2) is 0 Å². The number of nitrogens with two attached hydrogens (primary N) is 1. The summed E-state index contributed by atoms with van der Waals surface area (Å²) in [5.41, 5.74) is 8.97. The average molecular weight is 284 g/mol. The summed E-state index contributed by atoms with van der Waals surface area (Å²) in [5.74, 6) is 0.974. The van der Waals surface area contributed by atoms with E-state index in [1.165, 1.54) is 5.56 Å². The predicted octanol–water partition coefficient (Wildman–Crippen LogP) is 1.00. The summed E-state index contributed by atoms with van der Waals surface area (Å²) < 4.78 is 3.38. The van der Waals surface area contributed by atoms with Gasteiger partial charge in [-0.15, -0.1) is 0 Å². The van der Waals surface area contributed by atoms with Gasteiger partial charge >= 0.3 is 0 Å². The summed E-state index contributed by atoms with van der Waals surface area (Å²) in [4.78, 5) is 16.7. The first kappa shape index (κ1) is 13.2. The topological polar surface area (TPSA) is 100 Å². The molecule has 0 aromatic carbocycles. The summed E-state index contributed by atoms with van der Waals surface area (Å²) >= 11 is 0. The molecule has 0 saturated heterocycles. The lowest BCUT2D eigenvalue weighted by atomic mass is 10.1. The number of aryl methyl sites for hydroxylation is 1. The van der Waals surface area contributed by atoms with E-state index < -0.39 is 0 Å². The predicted molar refractivity (Wildman–Crippen MR) is 77.3 cm³/mol. The van der Waals surface area contributed by atoms with Gasteiger partial charge in [-0.1, -0.05) is 6.92 Å². The quantitative estimate of drug-likeness (QED) is 0.770. The summed E-state index contributed by atoms with van der Waals surface area (Å²) in [6, 6.07) is 0. The van der Waals surface area contributed by atoms with Gasteiger partial charge in [-0.3, -0.25) is 4.57 Å².